The number of rotatable bonds is 5. The molecule has 1 aromatic carbocycles. The van der Waals surface area contributed by atoms with Crippen LogP contribution in [0.5, 0.6) is 0 Å². The molecule has 2 aromatic rings. The third-order valence-corrected chi connectivity index (χ3v) is 5.17. The van der Waals surface area contributed by atoms with E-state index in [1.807, 2.05) is 10.3 Å². The zero-order valence-electron chi connectivity index (χ0n) is 13.9. The third-order valence-electron chi connectivity index (χ3n) is 4.32. The summed E-state index contributed by atoms with van der Waals surface area (Å²) in [6.45, 7) is 5.94. The number of aryl methyl sites for hydroxylation is 1. The van der Waals surface area contributed by atoms with Gasteiger partial charge in [-0.15, -0.1) is 11.3 Å². The molecular weight excluding hydrogens is 322 g/mol. The Balaban J connectivity index is 1.59. The van der Waals surface area contributed by atoms with Gasteiger partial charge < -0.3 is 10.0 Å². The molecule has 0 saturated carbocycles. The average molecular weight is 345 g/mol. The van der Waals surface area contributed by atoms with E-state index in [0.717, 1.165) is 24.5 Å². The van der Waals surface area contributed by atoms with Crippen LogP contribution in [0.3, 0.4) is 0 Å². The maximum absolute atomic E-state index is 12.6. The van der Waals surface area contributed by atoms with Crippen molar-refractivity contribution in [2.24, 2.45) is 0 Å². The van der Waals surface area contributed by atoms with Crippen LogP contribution in [0.2, 0.25) is 0 Å². The lowest BCUT2D eigenvalue weighted by Gasteiger charge is -2.33. The van der Waals surface area contributed by atoms with E-state index in [2.05, 4.69) is 41.1 Å². The average Bonchev–Trinajstić information content (AvgIpc) is 3.06. The minimum absolute atomic E-state index is 0.0186. The number of carbonyl (C=O) groups is 1. The van der Waals surface area contributed by atoms with Crippen LogP contribution < -0.4 is 0 Å². The number of thiazole rings is 1. The second kappa shape index (κ2) is 7.88. The van der Waals surface area contributed by atoms with E-state index in [0.29, 0.717) is 25.3 Å². The molecule has 0 atom stereocenters. The molecule has 0 unspecified atom stereocenters. The first kappa shape index (κ1) is 17.1. The van der Waals surface area contributed by atoms with Gasteiger partial charge in [0.2, 0.25) is 0 Å². The normalized spacial score (nSPS) is 15.7. The van der Waals surface area contributed by atoms with Crippen LogP contribution in [0.25, 0.3) is 0 Å². The van der Waals surface area contributed by atoms with Gasteiger partial charge in [0, 0.05) is 44.5 Å². The van der Waals surface area contributed by atoms with E-state index in [1.165, 1.54) is 11.1 Å². The van der Waals surface area contributed by atoms with Crippen molar-refractivity contribution in [3.05, 3.63) is 51.5 Å². The fourth-order valence-electron chi connectivity index (χ4n) is 2.85. The Bertz CT molecular complexity index is 676. The summed E-state index contributed by atoms with van der Waals surface area (Å²) in [7, 11) is 0. The number of aromatic nitrogens is 1. The number of aliphatic hydroxyl groups excluding tert-OH is 1. The number of carbonyl (C=O) groups excluding carboxylic acids is 1. The van der Waals surface area contributed by atoms with Crippen molar-refractivity contribution in [2.45, 2.75) is 13.3 Å². The Morgan fingerprint density at radius 3 is 2.58 bits per heavy atom. The monoisotopic (exact) mass is 345 g/mol. The molecule has 1 fully saturated rings. The fraction of sp³-hybridized carbons (Fsp3) is 0.444. The summed E-state index contributed by atoms with van der Waals surface area (Å²) < 4.78 is 0. The Hall–Kier alpha value is -1.76. The van der Waals surface area contributed by atoms with Gasteiger partial charge in [-0.2, -0.15) is 0 Å². The summed E-state index contributed by atoms with van der Waals surface area (Å²) in [4.78, 5) is 21.1. The van der Waals surface area contributed by atoms with Gasteiger partial charge in [0.15, 0.2) is 0 Å². The maximum atomic E-state index is 12.6. The summed E-state index contributed by atoms with van der Waals surface area (Å²) in [6, 6.07) is 8.42. The number of β-amino-alcohol motifs (C(OH)–C–C–N with tert-alkyl or cyclic N) is 1. The molecule has 0 spiro atoms. The number of piperazine rings is 1. The predicted octanol–water partition coefficient (Wildman–Crippen LogP) is 1.79. The van der Waals surface area contributed by atoms with Crippen LogP contribution in [-0.2, 0) is 6.42 Å². The lowest BCUT2D eigenvalue weighted by molar-refractivity contribution is 0.0610. The van der Waals surface area contributed by atoms with Crippen LogP contribution in [0.15, 0.2) is 29.6 Å². The van der Waals surface area contributed by atoms with E-state index in [9.17, 15) is 4.79 Å². The first-order chi connectivity index (χ1) is 11.7. The molecule has 1 aromatic heterocycles. The van der Waals surface area contributed by atoms with Gasteiger partial charge in [0.25, 0.3) is 5.91 Å². The largest absolute Gasteiger partial charge is 0.395 e. The van der Waals surface area contributed by atoms with Crippen molar-refractivity contribution >= 4 is 17.2 Å². The zero-order chi connectivity index (χ0) is 16.9. The van der Waals surface area contributed by atoms with E-state index >= 15 is 0 Å². The highest BCUT2D eigenvalue weighted by molar-refractivity contribution is 7.09. The number of benzene rings is 1. The molecule has 0 bridgehead atoms. The lowest BCUT2D eigenvalue weighted by Crippen LogP contribution is -2.49. The fourth-order valence-corrected chi connectivity index (χ4v) is 3.65. The van der Waals surface area contributed by atoms with Gasteiger partial charge >= 0.3 is 0 Å². The summed E-state index contributed by atoms with van der Waals surface area (Å²) in [6.07, 6.45) is 0.766. The molecule has 0 aliphatic carbocycles. The Morgan fingerprint density at radius 1 is 1.21 bits per heavy atom. The number of hydrogen-bond donors (Lipinski definition) is 1. The predicted molar refractivity (Wildman–Crippen MR) is 95.5 cm³/mol. The van der Waals surface area contributed by atoms with E-state index in [1.54, 1.807) is 11.3 Å². The summed E-state index contributed by atoms with van der Waals surface area (Å²) in [5.41, 5.74) is 3.01. The SMILES string of the molecule is Cc1ccc(Cc2nc(C(=O)N3CCN(CCO)CC3)cs2)cc1. The number of aliphatic hydroxyl groups is 1. The van der Waals surface area contributed by atoms with Crippen LogP contribution in [0.4, 0.5) is 0 Å². The molecule has 5 nitrogen and oxygen atoms in total. The second-order valence-electron chi connectivity index (χ2n) is 6.15. The van der Waals surface area contributed by atoms with Crippen molar-refractivity contribution < 1.29 is 9.90 Å². The molecule has 1 aliphatic heterocycles. The minimum Gasteiger partial charge on any atom is -0.395 e. The van der Waals surface area contributed by atoms with Crippen molar-refractivity contribution in [1.82, 2.24) is 14.8 Å². The summed E-state index contributed by atoms with van der Waals surface area (Å²) in [5.74, 6) is 0.0186. The molecule has 1 aliphatic rings. The van der Waals surface area contributed by atoms with Crippen molar-refractivity contribution in [2.75, 3.05) is 39.3 Å². The van der Waals surface area contributed by atoms with E-state index in [4.69, 9.17) is 5.11 Å². The number of nitrogens with zero attached hydrogens (tertiary/aromatic N) is 3. The molecule has 1 N–H and O–H groups in total. The van der Waals surface area contributed by atoms with Crippen molar-refractivity contribution in [3.8, 4) is 0 Å². The summed E-state index contributed by atoms with van der Waals surface area (Å²) >= 11 is 1.55. The Morgan fingerprint density at radius 2 is 1.92 bits per heavy atom. The van der Waals surface area contributed by atoms with E-state index < -0.39 is 0 Å². The Kier molecular flexibility index (Phi) is 5.60. The van der Waals surface area contributed by atoms with E-state index in [-0.39, 0.29) is 12.5 Å². The molecule has 1 saturated heterocycles. The molecule has 128 valence electrons. The first-order valence-electron chi connectivity index (χ1n) is 8.28. The molecule has 0 radical (unpaired) electrons. The zero-order valence-corrected chi connectivity index (χ0v) is 14.8. The van der Waals surface area contributed by atoms with Crippen LogP contribution >= 0.6 is 11.3 Å². The molecule has 1 amide bonds. The van der Waals surface area contributed by atoms with Crippen LogP contribution in [-0.4, -0.2) is 65.1 Å². The second-order valence-corrected chi connectivity index (χ2v) is 7.09. The third kappa shape index (κ3) is 4.20. The minimum atomic E-state index is 0.0186. The topological polar surface area (TPSA) is 56.7 Å². The maximum Gasteiger partial charge on any atom is 0.273 e. The van der Waals surface area contributed by atoms with Crippen LogP contribution in [0, 0.1) is 6.92 Å². The van der Waals surface area contributed by atoms with Gasteiger partial charge in [-0.25, -0.2) is 4.98 Å². The quantitative estimate of drug-likeness (QED) is 0.898. The van der Waals surface area contributed by atoms with Crippen molar-refractivity contribution in [1.29, 1.82) is 0 Å². The number of hydrogen-bond acceptors (Lipinski definition) is 5. The molecule has 2 heterocycles. The molecule has 3 rings (SSSR count). The highest BCUT2D eigenvalue weighted by Crippen LogP contribution is 2.17. The van der Waals surface area contributed by atoms with Crippen molar-refractivity contribution in [3.63, 3.8) is 0 Å². The highest BCUT2D eigenvalue weighted by Gasteiger charge is 2.23. The van der Waals surface area contributed by atoms with Gasteiger partial charge in [0.05, 0.1) is 11.6 Å². The van der Waals surface area contributed by atoms with Gasteiger partial charge in [-0.1, -0.05) is 29.8 Å². The number of amides is 1. The first-order valence-corrected chi connectivity index (χ1v) is 9.16. The molecular formula is C18H23N3O2S. The van der Waals surface area contributed by atoms with Gasteiger partial charge in [-0.05, 0) is 12.5 Å². The van der Waals surface area contributed by atoms with Crippen LogP contribution in [0.1, 0.15) is 26.6 Å². The smallest absolute Gasteiger partial charge is 0.273 e. The molecule has 24 heavy (non-hydrogen) atoms. The van der Waals surface area contributed by atoms with Gasteiger partial charge in [-0.3, -0.25) is 9.69 Å². The van der Waals surface area contributed by atoms with Gasteiger partial charge in [0.1, 0.15) is 5.69 Å². The Labute approximate surface area is 146 Å². The standard InChI is InChI=1S/C18H23N3O2S/c1-14-2-4-15(5-3-14)12-17-19-16(13-24-17)18(23)21-8-6-20(7-9-21)10-11-22/h2-5,13,22H,6-12H2,1H3. The highest BCUT2D eigenvalue weighted by atomic mass is 32.1. The molecule has 6 heteroatoms. The lowest BCUT2D eigenvalue weighted by atomic mass is 10.1. The summed E-state index contributed by atoms with van der Waals surface area (Å²) in [5, 5.41) is 11.8.